The molecular formula is C21H18N2O2S. The molecule has 130 valence electrons. The highest BCUT2D eigenvalue weighted by Gasteiger charge is 2.10. The number of nitrogens with zero attached hydrogens (tertiary/aromatic N) is 2. The topological polar surface area (TPSA) is 44.2 Å². The number of benzene rings is 2. The predicted octanol–water partition coefficient (Wildman–Crippen LogP) is 4.97. The Morgan fingerprint density at radius 1 is 0.923 bits per heavy atom. The number of methoxy groups -OCH3 is 2. The molecule has 0 radical (unpaired) electrons. The Hall–Kier alpha value is -2.92. The Labute approximate surface area is 156 Å². The molecular weight excluding hydrogens is 344 g/mol. The quantitative estimate of drug-likeness (QED) is 0.503. The first kappa shape index (κ1) is 16.5. The largest absolute Gasteiger partial charge is 0.493 e. The zero-order valence-electron chi connectivity index (χ0n) is 14.6. The first-order valence-corrected chi connectivity index (χ1v) is 9.15. The fraction of sp³-hybridized carbons (Fsp3) is 0.143. The number of hydrogen-bond donors (Lipinski definition) is 0. The lowest BCUT2D eigenvalue weighted by atomic mass is 10.1. The van der Waals surface area contributed by atoms with Crippen LogP contribution in [0.2, 0.25) is 0 Å². The number of rotatable bonds is 5. The SMILES string of the molecule is COc1ccc(-c2csc(Cc3cc4ccccc4cn3)n2)cc1OC. The van der Waals surface area contributed by atoms with Crippen LogP contribution in [-0.2, 0) is 6.42 Å². The third-order valence-electron chi connectivity index (χ3n) is 4.25. The van der Waals surface area contributed by atoms with Gasteiger partial charge in [-0.25, -0.2) is 4.98 Å². The molecule has 2 heterocycles. The van der Waals surface area contributed by atoms with Crippen molar-refractivity contribution >= 4 is 22.1 Å². The summed E-state index contributed by atoms with van der Waals surface area (Å²) in [4.78, 5) is 9.33. The van der Waals surface area contributed by atoms with Crippen molar-refractivity contribution in [2.45, 2.75) is 6.42 Å². The molecule has 0 bridgehead atoms. The fourth-order valence-corrected chi connectivity index (χ4v) is 3.72. The van der Waals surface area contributed by atoms with Gasteiger partial charge in [0.1, 0.15) is 0 Å². The van der Waals surface area contributed by atoms with E-state index in [1.54, 1.807) is 25.6 Å². The van der Waals surface area contributed by atoms with Crippen molar-refractivity contribution in [3.8, 4) is 22.8 Å². The van der Waals surface area contributed by atoms with Crippen LogP contribution in [0, 0.1) is 0 Å². The maximum atomic E-state index is 5.38. The Kier molecular flexibility index (Phi) is 4.54. The second-order valence-corrected chi connectivity index (χ2v) is 6.84. The highest BCUT2D eigenvalue weighted by Crippen LogP contribution is 2.33. The van der Waals surface area contributed by atoms with E-state index in [-0.39, 0.29) is 0 Å². The normalized spacial score (nSPS) is 10.8. The summed E-state index contributed by atoms with van der Waals surface area (Å²) < 4.78 is 10.7. The van der Waals surface area contributed by atoms with Crippen molar-refractivity contribution in [2.24, 2.45) is 0 Å². The molecule has 4 nitrogen and oxygen atoms in total. The molecule has 0 aliphatic rings. The summed E-state index contributed by atoms with van der Waals surface area (Å²) in [7, 11) is 3.27. The molecule has 0 unspecified atom stereocenters. The van der Waals surface area contributed by atoms with Crippen molar-refractivity contribution in [1.29, 1.82) is 0 Å². The molecule has 0 aliphatic heterocycles. The minimum absolute atomic E-state index is 0.704. The van der Waals surface area contributed by atoms with E-state index in [4.69, 9.17) is 14.5 Å². The van der Waals surface area contributed by atoms with Crippen molar-refractivity contribution in [2.75, 3.05) is 14.2 Å². The van der Waals surface area contributed by atoms with E-state index in [0.29, 0.717) is 11.5 Å². The maximum Gasteiger partial charge on any atom is 0.161 e. The summed E-state index contributed by atoms with van der Waals surface area (Å²) in [6.07, 6.45) is 2.65. The van der Waals surface area contributed by atoms with E-state index in [9.17, 15) is 0 Å². The minimum atomic E-state index is 0.704. The monoisotopic (exact) mass is 362 g/mol. The third-order valence-corrected chi connectivity index (χ3v) is 5.10. The van der Waals surface area contributed by atoms with Crippen LogP contribution < -0.4 is 9.47 Å². The minimum Gasteiger partial charge on any atom is -0.493 e. The molecule has 2 aromatic carbocycles. The van der Waals surface area contributed by atoms with Gasteiger partial charge in [0.15, 0.2) is 11.5 Å². The van der Waals surface area contributed by atoms with E-state index < -0.39 is 0 Å². The number of pyridine rings is 1. The molecule has 0 fully saturated rings. The van der Waals surface area contributed by atoms with Crippen LogP contribution >= 0.6 is 11.3 Å². The zero-order valence-corrected chi connectivity index (χ0v) is 15.4. The summed E-state index contributed by atoms with van der Waals surface area (Å²) >= 11 is 1.64. The van der Waals surface area contributed by atoms with Gasteiger partial charge < -0.3 is 9.47 Å². The zero-order chi connectivity index (χ0) is 17.9. The van der Waals surface area contributed by atoms with E-state index in [1.807, 2.05) is 36.5 Å². The van der Waals surface area contributed by atoms with Crippen LogP contribution in [0.4, 0.5) is 0 Å². The summed E-state index contributed by atoms with van der Waals surface area (Å²) in [5, 5.41) is 5.46. The van der Waals surface area contributed by atoms with Gasteiger partial charge >= 0.3 is 0 Å². The first-order chi connectivity index (χ1) is 12.8. The van der Waals surface area contributed by atoms with Crippen molar-refractivity contribution in [3.05, 3.63) is 70.8 Å². The van der Waals surface area contributed by atoms with Gasteiger partial charge in [0.2, 0.25) is 0 Å². The Morgan fingerprint density at radius 3 is 2.54 bits per heavy atom. The molecule has 2 aromatic heterocycles. The van der Waals surface area contributed by atoms with Gasteiger partial charge in [0, 0.05) is 34.6 Å². The van der Waals surface area contributed by atoms with Gasteiger partial charge in [-0.15, -0.1) is 11.3 Å². The molecule has 4 rings (SSSR count). The van der Waals surface area contributed by atoms with Gasteiger partial charge in [0.25, 0.3) is 0 Å². The first-order valence-electron chi connectivity index (χ1n) is 8.27. The van der Waals surface area contributed by atoms with Crippen LogP contribution in [0.5, 0.6) is 11.5 Å². The molecule has 4 aromatic rings. The standard InChI is InChI=1S/C21H18N2O2S/c1-24-19-8-7-15(10-20(19)25-2)18-13-26-21(23-18)11-17-9-14-5-3-4-6-16(14)12-22-17/h3-10,12-13H,11H2,1-2H3. The molecule has 0 aliphatic carbocycles. The third kappa shape index (κ3) is 3.26. The lowest BCUT2D eigenvalue weighted by molar-refractivity contribution is 0.355. The van der Waals surface area contributed by atoms with E-state index in [2.05, 4.69) is 28.6 Å². The Bertz CT molecular complexity index is 1060. The van der Waals surface area contributed by atoms with Crippen molar-refractivity contribution in [3.63, 3.8) is 0 Å². The highest BCUT2D eigenvalue weighted by atomic mass is 32.1. The molecule has 0 amide bonds. The molecule has 0 atom stereocenters. The maximum absolute atomic E-state index is 5.38. The van der Waals surface area contributed by atoms with Gasteiger partial charge in [-0.1, -0.05) is 24.3 Å². The van der Waals surface area contributed by atoms with Gasteiger partial charge in [-0.3, -0.25) is 4.98 Å². The van der Waals surface area contributed by atoms with Crippen LogP contribution in [-0.4, -0.2) is 24.2 Å². The summed E-state index contributed by atoms with van der Waals surface area (Å²) in [6.45, 7) is 0. The summed E-state index contributed by atoms with van der Waals surface area (Å²) in [6, 6.07) is 16.2. The van der Waals surface area contributed by atoms with Crippen LogP contribution in [0.3, 0.4) is 0 Å². The number of hydrogen-bond acceptors (Lipinski definition) is 5. The predicted molar refractivity (Wildman–Crippen MR) is 105 cm³/mol. The molecule has 26 heavy (non-hydrogen) atoms. The van der Waals surface area contributed by atoms with Crippen molar-refractivity contribution in [1.82, 2.24) is 9.97 Å². The Balaban J connectivity index is 1.59. The number of aromatic nitrogens is 2. The number of ether oxygens (including phenoxy) is 2. The molecule has 5 heteroatoms. The van der Waals surface area contributed by atoms with Gasteiger partial charge in [-0.05, 0) is 29.7 Å². The number of fused-ring (bicyclic) bond motifs is 1. The summed E-state index contributed by atoms with van der Waals surface area (Å²) in [5.41, 5.74) is 2.97. The fourth-order valence-electron chi connectivity index (χ4n) is 2.90. The van der Waals surface area contributed by atoms with Crippen LogP contribution in [0.15, 0.2) is 60.1 Å². The van der Waals surface area contributed by atoms with Crippen molar-refractivity contribution < 1.29 is 9.47 Å². The lowest BCUT2D eigenvalue weighted by Gasteiger charge is -2.08. The van der Waals surface area contributed by atoms with Gasteiger partial charge in [-0.2, -0.15) is 0 Å². The average Bonchev–Trinajstić information content (AvgIpc) is 3.15. The summed E-state index contributed by atoms with van der Waals surface area (Å²) in [5.74, 6) is 1.42. The molecule has 0 saturated carbocycles. The lowest BCUT2D eigenvalue weighted by Crippen LogP contribution is -1.93. The molecule has 0 saturated heterocycles. The Morgan fingerprint density at radius 2 is 1.73 bits per heavy atom. The molecule has 0 N–H and O–H groups in total. The average molecular weight is 362 g/mol. The van der Waals surface area contributed by atoms with Crippen LogP contribution in [0.1, 0.15) is 10.7 Å². The van der Waals surface area contributed by atoms with Gasteiger partial charge in [0.05, 0.1) is 24.9 Å². The molecule has 0 spiro atoms. The second kappa shape index (κ2) is 7.14. The van der Waals surface area contributed by atoms with Crippen LogP contribution in [0.25, 0.3) is 22.0 Å². The van der Waals surface area contributed by atoms with E-state index >= 15 is 0 Å². The second-order valence-electron chi connectivity index (χ2n) is 5.90. The smallest absolute Gasteiger partial charge is 0.161 e. The van der Waals surface area contributed by atoms with E-state index in [1.165, 1.54) is 5.39 Å². The highest BCUT2D eigenvalue weighted by molar-refractivity contribution is 7.10. The number of thiazole rings is 1. The van der Waals surface area contributed by atoms with E-state index in [0.717, 1.165) is 33.8 Å².